The molecule has 0 atom stereocenters. The highest BCUT2D eigenvalue weighted by Gasteiger charge is 2.21. The number of pyridine rings is 1. The lowest BCUT2D eigenvalue weighted by Gasteiger charge is -2.19. The molecule has 35 heavy (non-hydrogen) atoms. The molecule has 9 nitrogen and oxygen atoms in total. The third kappa shape index (κ3) is 4.40. The highest BCUT2D eigenvalue weighted by atomic mass is 16.1. The molecule has 0 bridgehead atoms. The molecule has 0 amide bonds. The first-order valence-electron chi connectivity index (χ1n) is 11.8. The van der Waals surface area contributed by atoms with Gasteiger partial charge < -0.3 is 10.6 Å². The van der Waals surface area contributed by atoms with Crippen LogP contribution in [0.3, 0.4) is 0 Å². The Labute approximate surface area is 203 Å². The first-order valence-corrected chi connectivity index (χ1v) is 11.8. The lowest BCUT2D eigenvalue weighted by atomic mass is 9.91. The van der Waals surface area contributed by atoms with Gasteiger partial charge in [-0.15, -0.1) is 0 Å². The molecule has 5 rings (SSSR count). The number of nitrogens with one attached hydrogen (secondary N) is 2. The van der Waals surface area contributed by atoms with Crippen LogP contribution in [0.25, 0.3) is 16.7 Å². The van der Waals surface area contributed by atoms with E-state index < -0.39 is 0 Å². The molecule has 4 aromatic rings. The number of anilines is 2. The molecule has 0 fully saturated rings. The molecule has 0 saturated carbocycles. The second-order valence-corrected chi connectivity index (χ2v) is 9.76. The van der Waals surface area contributed by atoms with Gasteiger partial charge in [0.05, 0.1) is 24.7 Å². The van der Waals surface area contributed by atoms with E-state index in [4.69, 9.17) is 4.98 Å². The van der Waals surface area contributed by atoms with E-state index in [-0.39, 0.29) is 23.9 Å². The Hall–Kier alpha value is -4.03. The van der Waals surface area contributed by atoms with Crippen molar-refractivity contribution in [2.45, 2.75) is 52.1 Å². The van der Waals surface area contributed by atoms with Crippen molar-refractivity contribution >= 4 is 22.7 Å². The van der Waals surface area contributed by atoms with Crippen LogP contribution >= 0.6 is 0 Å². The molecule has 3 aromatic heterocycles. The molecule has 4 heterocycles. The van der Waals surface area contributed by atoms with E-state index in [1.54, 1.807) is 21.8 Å². The average Bonchev–Trinajstić information content (AvgIpc) is 3.13. The number of aromatic nitrogens is 5. The minimum Gasteiger partial charge on any atom is -0.324 e. The Morgan fingerprint density at radius 3 is 2.83 bits per heavy atom. The number of benzene rings is 1. The fourth-order valence-electron chi connectivity index (χ4n) is 4.36. The van der Waals surface area contributed by atoms with Crippen molar-refractivity contribution in [3.05, 3.63) is 69.9 Å². The van der Waals surface area contributed by atoms with Crippen LogP contribution in [0.5, 0.6) is 0 Å². The summed E-state index contributed by atoms with van der Waals surface area (Å²) in [7, 11) is 0. The third-order valence-electron chi connectivity index (χ3n) is 6.22. The van der Waals surface area contributed by atoms with Crippen LogP contribution in [0.15, 0.2) is 47.5 Å². The monoisotopic (exact) mass is 468 g/mol. The van der Waals surface area contributed by atoms with Crippen LogP contribution < -0.4 is 16.2 Å². The SMILES string of the molecule is CC(C)(C)c1cc(-n2c3nc(Nc4ccc5c(c4)CNCC5)ncc3c(=O)n2CCC#N)ccn1. The van der Waals surface area contributed by atoms with E-state index in [2.05, 4.69) is 59.6 Å². The van der Waals surface area contributed by atoms with Crippen molar-refractivity contribution in [2.24, 2.45) is 0 Å². The summed E-state index contributed by atoms with van der Waals surface area (Å²) in [5.74, 6) is 0.400. The number of hydrogen-bond acceptors (Lipinski definition) is 7. The molecule has 0 aliphatic carbocycles. The Kier molecular flexibility index (Phi) is 5.83. The first kappa shape index (κ1) is 22.7. The maximum Gasteiger partial charge on any atom is 0.278 e. The normalized spacial score (nSPS) is 13.4. The number of nitrogens with zero attached hydrogens (tertiary/aromatic N) is 6. The molecular formula is C26H28N8O. The summed E-state index contributed by atoms with van der Waals surface area (Å²) in [5.41, 5.74) is 5.25. The van der Waals surface area contributed by atoms with E-state index in [1.807, 2.05) is 18.2 Å². The van der Waals surface area contributed by atoms with Gasteiger partial charge in [0.25, 0.3) is 5.56 Å². The van der Waals surface area contributed by atoms with Crippen LogP contribution in [0.2, 0.25) is 0 Å². The van der Waals surface area contributed by atoms with Gasteiger partial charge in [-0.3, -0.25) is 9.78 Å². The third-order valence-corrected chi connectivity index (χ3v) is 6.22. The van der Waals surface area contributed by atoms with Crippen LogP contribution in [0.1, 0.15) is 44.0 Å². The van der Waals surface area contributed by atoms with E-state index >= 15 is 0 Å². The van der Waals surface area contributed by atoms with Gasteiger partial charge >= 0.3 is 0 Å². The zero-order valence-electron chi connectivity index (χ0n) is 20.2. The molecule has 1 aromatic carbocycles. The summed E-state index contributed by atoms with van der Waals surface area (Å²) >= 11 is 0. The van der Waals surface area contributed by atoms with Gasteiger partial charge in [0.15, 0.2) is 5.65 Å². The molecule has 0 saturated heterocycles. The topological polar surface area (TPSA) is 113 Å². The van der Waals surface area contributed by atoms with Crippen molar-refractivity contribution in [2.75, 3.05) is 11.9 Å². The Bertz CT molecular complexity index is 1500. The van der Waals surface area contributed by atoms with Crippen LogP contribution in [0, 0.1) is 11.3 Å². The van der Waals surface area contributed by atoms with Crippen molar-refractivity contribution in [1.82, 2.24) is 29.6 Å². The van der Waals surface area contributed by atoms with Gasteiger partial charge in [0.2, 0.25) is 5.95 Å². The van der Waals surface area contributed by atoms with Gasteiger partial charge in [-0.2, -0.15) is 10.2 Å². The molecule has 1 aliphatic rings. The summed E-state index contributed by atoms with van der Waals surface area (Å²) in [6.07, 6.45) is 4.51. The molecule has 0 radical (unpaired) electrons. The fourth-order valence-corrected chi connectivity index (χ4v) is 4.36. The van der Waals surface area contributed by atoms with Crippen molar-refractivity contribution < 1.29 is 0 Å². The second-order valence-electron chi connectivity index (χ2n) is 9.76. The summed E-state index contributed by atoms with van der Waals surface area (Å²) in [5, 5.41) is 16.3. The summed E-state index contributed by atoms with van der Waals surface area (Å²) in [6, 6.07) is 12.2. The minimum atomic E-state index is -0.226. The van der Waals surface area contributed by atoms with Crippen LogP contribution in [-0.2, 0) is 24.9 Å². The fraction of sp³-hybridized carbons (Fsp3) is 0.346. The number of rotatable bonds is 5. The lowest BCUT2D eigenvalue weighted by Crippen LogP contribution is -2.23. The van der Waals surface area contributed by atoms with Crippen LogP contribution in [0.4, 0.5) is 11.6 Å². The Morgan fingerprint density at radius 1 is 1.17 bits per heavy atom. The highest BCUT2D eigenvalue weighted by molar-refractivity contribution is 5.77. The molecule has 178 valence electrons. The molecule has 2 N–H and O–H groups in total. The zero-order valence-corrected chi connectivity index (χ0v) is 20.2. The van der Waals surface area contributed by atoms with E-state index in [0.717, 1.165) is 36.6 Å². The maximum atomic E-state index is 13.3. The van der Waals surface area contributed by atoms with Crippen molar-refractivity contribution in [1.29, 1.82) is 5.26 Å². The first-order chi connectivity index (χ1) is 16.8. The molecule has 0 spiro atoms. The standard InChI is InChI=1S/C26H28N8O/c1-26(2,3)22-14-20(8-11-29-22)34-23-21(24(35)33(34)12-4-9-27)16-30-25(32-23)31-19-6-5-17-7-10-28-15-18(17)13-19/h5-6,8,11,13-14,16,28H,4,7,10,12,15H2,1-3H3,(H,30,31,32). The minimum absolute atomic E-state index is 0.167. The highest BCUT2D eigenvalue weighted by Crippen LogP contribution is 2.25. The molecule has 9 heteroatoms. The largest absolute Gasteiger partial charge is 0.324 e. The molecule has 0 unspecified atom stereocenters. The average molecular weight is 469 g/mol. The summed E-state index contributed by atoms with van der Waals surface area (Å²) in [6.45, 7) is 8.35. The Balaban J connectivity index is 1.62. The van der Waals surface area contributed by atoms with Crippen LogP contribution in [-0.4, -0.2) is 30.9 Å². The van der Waals surface area contributed by atoms with E-state index in [1.165, 1.54) is 11.1 Å². The van der Waals surface area contributed by atoms with E-state index in [0.29, 0.717) is 17.0 Å². The van der Waals surface area contributed by atoms with Gasteiger partial charge in [-0.25, -0.2) is 14.3 Å². The number of hydrogen-bond donors (Lipinski definition) is 2. The number of nitriles is 1. The summed E-state index contributed by atoms with van der Waals surface area (Å²) < 4.78 is 3.33. The summed E-state index contributed by atoms with van der Waals surface area (Å²) in [4.78, 5) is 26.9. The number of fused-ring (bicyclic) bond motifs is 2. The van der Waals surface area contributed by atoms with Gasteiger partial charge in [0, 0.05) is 35.7 Å². The smallest absolute Gasteiger partial charge is 0.278 e. The second kappa shape index (κ2) is 8.96. The van der Waals surface area contributed by atoms with Gasteiger partial charge in [-0.1, -0.05) is 26.8 Å². The van der Waals surface area contributed by atoms with E-state index in [9.17, 15) is 10.1 Å². The maximum absolute atomic E-state index is 13.3. The molecular weight excluding hydrogens is 440 g/mol. The zero-order chi connectivity index (χ0) is 24.6. The molecule has 1 aliphatic heterocycles. The Morgan fingerprint density at radius 2 is 2.03 bits per heavy atom. The van der Waals surface area contributed by atoms with Crippen molar-refractivity contribution in [3.8, 4) is 11.8 Å². The van der Waals surface area contributed by atoms with Crippen molar-refractivity contribution in [3.63, 3.8) is 0 Å². The van der Waals surface area contributed by atoms with Gasteiger partial charge in [0.1, 0.15) is 5.39 Å². The predicted molar refractivity (Wildman–Crippen MR) is 135 cm³/mol. The quantitative estimate of drug-likeness (QED) is 0.460. The van der Waals surface area contributed by atoms with Gasteiger partial charge in [-0.05, 0) is 48.4 Å². The lowest BCUT2D eigenvalue weighted by molar-refractivity contribution is 0.545. The predicted octanol–water partition coefficient (Wildman–Crippen LogP) is 3.58.